The molecule has 21 aromatic rings. The molecule has 0 aromatic heterocycles. The maximum atomic E-state index is 2.54. The van der Waals surface area contributed by atoms with Crippen molar-refractivity contribution < 1.29 is 0 Å². The van der Waals surface area contributed by atoms with Gasteiger partial charge in [0.1, 0.15) is 0 Å². The number of hydrogen-bond donors (Lipinski definition) is 0. The minimum atomic E-state index is 1.06. The summed E-state index contributed by atoms with van der Waals surface area (Å²) in [7, 11) is 0. The molecule has 0 spiro atoms. The maximum absolute atomic E-state index is 2.54. The molecule has 0 aliphatic carbocycles. The molecule has 0 saturated heterocycles. The summed E-state index contributed by atoms with van der Waals surface area (Å²) in [5.41, 5.74) is 13.0. The van der Waals surface area contributed by atoms with E-state index in [1.54, 1.807) is 0 Å². The molecule has 0 aliphatic heterocycles. The summed E-state index contributed by atoms with van der Waals surface area (Å²) in [6, 6.07) is 122. The van der Waals surface area contributed by atoms with Crippen LogP contribution in [-0.4, -0.2) is 0 Å². The van der Waals surface area contributed by atoms with Crippen molar-refractivity contribution in [2.45, 2.75) is 0 Å². The first-order valence-electron chi connectivity index (χ1n) is 32.6. The number of rotatable bonds is 12. The molecule has 94 heavy (non-hydrogen) atoms. The highest BCUT2D eigenvalue weighted by molar-refractivity contribution is 6.61. The Kier molecular flexibility index (Phi) is 10.6. The molecule has 0 aliphatic rings. The van der Waals surface area contributed by atoms with Gasteiger partial charge in [-0.05, 0) is 275 Å². The number of hydrogen-bond acceptors (Lipinski definition) is 4. The van der Waals surface area contributed by atoms with Crippen molar-refractivity contribution in [3.63, 3.8) is 0 Å². The number of benzene rings is 21. The summed E-state index contributed by atoms with van der Waals surface area (Å²) in [5.74, 6) is 0. The van der Waals surface area contributed by atoms with Crippen LogP contribution >= 0.6 is 0 Å². The minimum Gasteiger partial charge on any atom is -0.311 e. The molecule has 0 unspecified atom stereocenters. The SMILES string of the molecule is c1ccc(N(c2ccccc2)c2ccc(N(c3ccccc3)c3cc4c5cccc6c7cccc8c9cccc%10c%11cccc%12c%13cc(N(c%14ccccc%14)c%14ccc(N(c%15ccccc%15)c%15ccccc%15)cc%14)cc%14c(c3)c4c3c(c65)c(c87)c(c9%10)c(c%11%12)c3c%13%14)cc2)cc1. The van der Waals surface area contributed by atoms with Gasteiger partial charge >= 0.3 is 0 Å². The van der Waals surface area contributed by atoms with Gasteiger partial charge in [0.05, 0.1) is 0 Å². The second-order valence-electron chi connectivity index (χ2n) is 25.4. The van der Waals surface area contributed by atoms with Crippen LogP contribution in [0.15, 0.2) is 328 Å². The smallest absolute Gasteiger partial charge is 0.0474 e. The molecule has 21 aromatic carbocycles. The Balaban J connectivity index is 0.898. The lowest BCUT2D eigenvalue weighted by atomic mass is 9.73. The summed E-state index contributed by atoms with van der Waals surface area (Å²) in [4.78, 5) is 9.65. The molecule has 434 valence electrons. The molecular formula is C90H54N4. The molecule has 0 N–H and O–H groups in total. The van der Waals surface area contributed by atoms with Gasteiger partial charge in [-0.1, -0.05) is 182 Å². The van der Waals surface area contributed by atoms with E-state index in [4.69, 9.17) is 0 Å². The van der Waals surface area contributed by atoms with Crippen LogP contribution in [0, 0.1) is 0 Å². The zero-order valence-corrected chi connectivity index (χ0v) is 51.0. The Morgan fingerprint density at radius 3 is 0.457 bits per heavy atom. The Morgan fingerprint density at radius 1 is 0.106 bits per heavy atom. The fraction of sp³-hybridized carbons (Fsp3) is 0. The molecule has 0 saturated carbocycles. The Labute approximate surface area is 541 Å². The fourth-order valence-electron chi connectivity index (χ4n) is 17.0. The lowest BCUT2D eigenvalue weighted by Gasteiger charge is -2.32. The van der Waals surface area contributed by atoms with Crippen LogP contribution in [0.1, 0.15) is 0 Å². The summed E-state index contributed by atoms with van der Waals surface area (Å²) >= 11 is 0. The van der Waals surface area contributed by atoms with Crippen LogP contribution in [0.25, 0.3) is 129 Å². The minimum absolute atomic E-state index is 1.06. The van der Waals surface area contributed by atoms with E-state index in [9.17, 15) is 0 Å². The topological polar surface area (TPSA) is 13.0 Å². The molecule has 21 rings (SSSR count). The van der Waals surface area contributed by atoms with Crippen LogP contribution in [0.5, 0.6) is 0 Å². The van der Waals surface area contributed by atoms with Gasteiger partial charge in [-0.25, -0.2) is 0 Å². The molecule has 0 fully saturated rings. The number of nitrogens with zero attached hydrogens (tertiary/aromatic N) is 4. The van der Waals surface area contributed by atoms with E-state index in [2.05, 4.69) is 347 Å². The van der Waals surface area contributed by atoms with Crippen molar-refractivity contribution in [2.24, 2.45) is 0 Å². The van der Waals surface area contributed by atoms with E-state index in [0.29, 0.717) is 0 Å². The van der Waals surface area contributed by atoms with Crippen molar-refractivity contribution in [3.8, 4) is 0 Å². The lowest BCUT2D eigenvalue weighted by Crippen LogP contribution is -2.12. The van der Waals surface area contributed by atoms with Gasteiger partial charge < -0.3 is 19.6 Å². The van der Waals surface area contributed by atoms with Crippen LogP contribution in [0.3, 0.4) is 0 Å². The van der Waals surface area contributed by atoms with Crippen LogP contribution < -0.4 is 19.6 Å². The molecule has 4 heteroatoms. The fourth-order valence-corrected chi connectivity index (χ4v) is 17.0. The molecule has 4 nitrogen and oxygen atoms in total. The highest BCUT2D eigenvalue weighted by atomic mass is 15.2. The van der Waals surface area contributed by atoms with Crippen molar-refractivity contribution in [1.82, 2.24) is 0 Å². The second-order valence-corrected chi connectivity index (χ2v) is 25.4. The third-order valence-corrected chi connectivity index (χ3v) is 20.6. The summed E-state index contributed by atoms with van der Waals surface area (Å²) in [5, 5.41) is 31.7. The van der Waals surface area contributed by atoms with E-state index < -0.39 is 0 Å². The summed E-state index contributed by atoms with van der Waals surface area (Å²) in [6.07, 6.45) is 0. The largest absolute Gasteiger partial charge is 0.311 e. The zero-order chi connectivity index (χ0) is 61.3. The molecule has 0 bridgehead atoms. The van der Waals surface area contributed by atoms with Crippen LogP contribution in [0.2, 0.25) is 0 Å². The van der Waals surface area contributed by atoms with Gasteiger partial charge in [-0.15, -0.1) is 0 Å². The lowest BCUT2D eigenvalue weighted by molar-refractivity contribution is 1.26. The van der Waals surface area contributed by atoms with Crippen molar-refractivity contribution in [3.05, 3.63) is 328 Å². The predicted octanol–water partition coefficient (Wildman–Crippen LogP) is 26.0. The zero-order valence-electron chi connectivity index (χ0n) is 51.0. The number of fused-ring (bicyclic) bond motifs is 6. The van der Waals surface area contributed by atoms with E-state index >= 15 is 0 Å². The van der Waals surface area contributed by atoms with Crippen molar-refractivity contribution in [2.75, 3.05) is 19.6 Å². The highest BCUT2D eigenvalue weighted by Crippen LogP contribution is 2.61. The van der Waals surface area contributed by atoms with Crippen LogP contribution in [-0.2, 0) is 0 Å². The first-order chi connectivity index (χ1) is 46.7. The molecule has 0 atom stereocenters. The third kappa shape index (κ3) is 7.06. The summed E-state index contributed by atoms with van der Waals surface area (Å²) in [6.45, 7) is 0. The van der Waals surface area contributed by atoms with Gasteiger partial charge in [0.2, 0.25) is 0 Å². The van der Waals surface area contributed by atoms with Crippen molar-refractivity contribution in [1.29, 1.82) is 0 Å². The van der Waals surface area contributed by atoms with Gasteiger partial charge in [-0.3, -0.25) is 0 Å². The third-order valence-electron chi connectivity index (χ3n) is 20.6. The molecule has 0 heterocycles. The summed E-state index contributed by atoms with van der Waals surface area (Å²) < 4.78 is 0. The monoisotopic (exact) mass is 1190 g/mol. The molecular weight excluding hydrogens is 1140 g/mol. The highest BCUT2D eigenvalue weighted by Gasteiger charge is 2.33. The number of para-hydroxylation sites is 6. The van der Waals surface area contributed by atoms with Gasteiger partial charge in [-0.2, -0.15) is 0 Å². The van der Waals surface area contributed by atoms with Gasteiger partial charge in [0.15, 0.2) is 0 Å². The quantitative estimate of drug-likeness (QED) is 0.0893. The Hall–Kier alpha value is -12.5. The van der Waals surface area contributed by atoms with E-state index in [1.165, 1.54) is 129 Å². The van der Waals surface area contributed by atoms with E-state index in [0.717, 1.165) is 68.2 Å². The van der Waals surface area contributed by atoms with Crippen molar-refractivity contribution >= 4 is 198 Å². The maximum Gasteiger partial charge on any atom is 0.0474 e. The van der Waals surface area contributed by atoms with Crippen LogP contribution in [0.4, 0.5) is 68.2 Å². The molecule has 0 amide bonds. The second kappa shape index (κ2) is 19.5. The average Bonchev–Trinajstić information content (AvgIpc) is 0.645. The van der Waals surface area contributed by atoms with Gasteiger partial charge in [0, 0.05) is 68.2 Å². The van der Waals surface area contributed by atoms with E-state index in [1.807, 2.05) is 0 Å². The first-order valence-corrected chi connectivity index (χ1v) is 32.6. The molecule has 0 radical (unpaired) electrons. The number of anilines is 12. The standard InChI is InChI=1S/C90H54N4/c1-7-23-55(24-8-1)91(56-25-9-2-10-26-56)61-43-47-63(48-44-61)93(59-31-15-5-16-32-59)65-51-75-73-41-21-39-71-69-37-19-35-67-68-36-20-38-70-72-40-22-42-74-76-52-66(54-78-77(53-65)83(75)89-87(81(71)73)85(79(67)69)86(80(68)70)88(82(72)74)90(89)84(76)78)94(60-33-17-6-18-34-60)64-49-45-62(46-50-64)92(57-27-11-3-12-28-57)58-29-13-4-14-30-58/h1-54H. The Morgan fingerprint density at radius 2 is 0.255 bits per heavy atom. The predicted molar refractivity (Wildman–Crippen MR) is 402 cm³/mol. The Bertz CT molecular complexity index is 5950. The average molecular weight is 1190 g/mol. The normalized spacial score (nSPS) is 12.3. The van der Waals surface area contributed by atoms with E-state index in [-0.39, 0.29) is 0 Å². The first kappa shape index (κ1) is 51.3. The van der Waals surface area contributed by atoms with Gasteiger partial charge in [0.25, 0.3) is 0 Å².